The molecule has 0 bridgehead atoms. The van der Waals surface area contributed by atoms with Crippen molar-refractivity contribution in [3.63, 3.8) is 0 Å². The Morgan fingerprint density at radius 2 is 1.76 bits per heavy atom. The summed E-state index contributed by atoms with van der Waals surface area (Å²) in [6, 6.07) is 13.7. The average molecular weight is 286 g/mol. The zero-order valence-electron chi connectivity index (χ0n) is 12.8. The second-order valence-corrected chi connectivity index (χ2v) is 5.35. The van der Waals surface area contributed by atoms with Crippen molar-refractivity contribution in [3.8, 4) is 11.5 Å². The highest BCUT2D eigenvalue weighted by atomic mass is 16.5. The van der Waals surface area contributed by atoms with Gasteiger partial charge in [-0.05, 0) is 49.6 Å². The van der Waals surface area contributed by atoms with E-state index < -0.39 is 0 Å². The van der Waals surface area contributed by atoms with Crippen molar-refractivity contribution >= 4 is 0 Å². The van der Waals surface area contributed by atoms with Crippen LogP contribution in [-0.4, -0.2) is 11.2 Å². The first-order chi connectivity index (χ1) is 10.1. The molecule has 0 radical (unpaired) electrons. The molecule has 0 aromatic heterocycles. The summed E-state index contributed by atoms with van der Waals surface area (Å²) in [7, 11) is 0. The molecule has 112 valence electrons. The van der Waals surface area contributed by atoms with E-state index in [1.165, 1.54) is 5.56 Å². The maximum absolute atomic E-state index is 9.34. The molecule has 0 aliphatic rings. The predicted molar refractivity (Wildman–Crippen MR) is 83.6 cm³/mol. The summed E-state index contributed by atoms with van der Waals surface area (Å²) in [5.41, 5.74) is 3.14. The lowest BCUT2D eigenvalue weighted by molar-refractivity contribution is 0.236. The highest BCUT2D eigenvalue weighted by molar-refractivity contribution is 5.38. The number of hydrogen-bond acceptors (Lipinski definition) is 3. The molecule has 0 unspecified atom stereocenters. The molecule has 3 nitrogen and oxygen atoms in total. The third-order valence-corrected chi connectivity index (χ3v) is 3.15. The molecule has 0 aliphatic heterocycles. The molecule has 0 heterocycles. The van der Waals surface area contributed by atoms with E-state index in [2.05, 4.69) is 19.1 Å². The molecule has 0 atom stereocenters. The normalized spacial score (nSPS) is 10.7. The fourth-order valence-electron chi connectivity index (χ4n) is 2.08. The predicted octanol–water partition coefficient (Wildman–Crippen LogP) is 3.85. The van der Waals surface area contributed by atoms with Crippen molar-refractivity contribution < 1.29 is 14.6 Å². The summed E-state index contributed by atoms with van der Waals surface area (Å²) >= 11 is 0. The minimum atomic E-state index is -0.0317. The fraction of sp³-hybridized carbons (Fsp3) is 0.333. The van der Waals surface area contributed by atoms with Crippen LogP contribution >= 0.6 is 0 Å². The van der Waals surface area contributed by atoms with Crippen LogP contribution in [0.5, 0.6) is 11.5 Å². The molecule has 1 N–H and O–H groups in total. The lowest BCUT2D eigenvalue weighted by Crippen LogP contribution is -2.06. The summed E-state index contributed by atoms with van der Waals surface area (Å²) in [6.07, 6.45) is 0.0863. The molecule has 21 heavy (non-hydrogen) atoms. The summed E-state index contributed by atoms with van der Waals surface area (Å²) in [4.78, 5) is 0. The average Bonchev–Trinajstić information content (AvgIpc) is 2.45. The highest BCUT2D eigenvalue weighted by Gasteiger charge is 2.06. The molecule has 2 rings (SSSR count). The Morgan fingerprint density at radius 1 is 1.05 bits per heavy atom. The maximum atomic E-state index is 9.34. The minimum Gasteiger partial charge on any atom is -0.491 e. The first kappa shape index (κ1) is 15.4. The molecule has 0 aliphatic carbocycles. The number of ether oxygens (including phenoxy) is 2. The van der Waals surface area contributed by atoms with Gasteiger partial charge in [-0.1, -0.05) is 24.3 Å². The summed E-state index contributed by atoms with van der Waals surface area (Å²) < 4.78 is 11.5. The van der Waals surface area contributed by atoms with Gasteiger partial charge in [0, 0.05) is 6.07 Å². The number of hydrogen-bond donors (Lipinski definition) is 1. The first-order valence-electron chi connectivity index (χ1n) is 7.17. The van der Waals surface area contributed by atoms with Crippen LogP contribution in [0, 0.1) is 6.92 Å². The molecule has 2 aromatic rings. The molecule has 0 spiro atoms. The fourth-order valence-corrected chi connectivity index (χ4v) is 2.08. The zero-order valence-corrected chi connectivity index (χ0v) is 12.8. The van der Waals surface area contributed by atoms with Crippen molar-refractivity contribution in [3.05, 3.63) is 59.2 Å². The van der Waals surface area contributed by atoms with Gasteiger partial charge in [0.2, 0.25) is 0 Å². The SMILES string of the molecule is Cc1ccccc1COc1cc(CO)cc(OC(C)C)c1. The molecule has 0 saturated heterocycles. The van der Waals surface area contributed by atoms with Gasteiger partial charge in [-0.2, -0.15) is 0 Å². The van der Waals surface area contributed by atoms with E-state index in [-0.39, 0.29) is 12.7 Å². The molecular formula is C18H22O3. The van der Waals surface area contributed by atoms with Crippen LogP contribution in [0.15, 0.2) is 42.5 Å². The van der Waals surface area contributed by atoms with Crippen molar-refractivity contribution in [1.29, 1.82) is 0 Å². The van der Waals surface area contributed by atoms with E-state index >= 15 is 0 Å². The summed E-state index contributed by atoms with van der Waals surface area (Å²) in [5, 5.41) is 9.34. The standard InChI is InChI=1S/C18H22O3/c1-13(2)21-18-9-15(11-19)8-17(10-18)20-12-16-7-5-4-6-14(16)3/h4-10,13,19H,11-12H2,1-3H3. The van der Waals surface area contributed by atoms with Crippen LogP contribution in [0.25, 0.3) is 0 Å². The van der Waals surface area contributed by atoms with Gasteiger partial charge in [-0.15, -0.1) is 0 Å². The Kier molecular flexibility index (Phi) is 5.23. The van der Waals surface area contributed by atoms with Gasteiger partial charge < -0.3 is 14.6 Å². The zero-order chi connectivity index (χ0) is 15.2. The molecule has 0 fully saturated rings. The first-order valence-corrected chi connectivity index (χ1v) is 7.17. The number of aryl methyl sites for hydroxylation is 1. The third kappa shape index (κ3) is 4.50. The van der Waals surface area contributed by atoms with Crippen LogP contribution < -0.4 is 9.47 Å². The molecule has 3 heteroatoms. The maximum Gasteiger partial charge on any atom is 0.123 e. The second-order valence-electron chi connectivity index (χ2n) is 5.35. The lowest BCUT2D eigenvalue weighted by atomic mass is 10.1. The van der Waals surface area contributed by atoms with Gasteiger partial charge in [-0.3, -0.25) is 0 Å². The lowest BCUT2D eigenvalue weighted by Gasteiger charge is -2.14. The smallest absolute Gasteiger partial charge is 0.123 e. The van der Waals surface area contributed by atoms with Crippen molar-refractivity contribution in [2.45, 2.75) is 40.1 Å². The number of aliphatic hydroxyl groups is 1. The van der Waals surface area contributed by atoms with E-state index in [1.54, 1.807) is 0 Å². The minimum absolute atomic E-state index is 0.0317. The van der Waals surface area contributed by atoms with Gasteiger partial charge in [-0.25, -0.2) is 0 Å². The van der Waals surface area contributed by atoms with Gasteiger partial charge in [0.05, 0.1) is 12.7 Å². The number of rotatable bonds is 6. The van der Waals surface area contributed by atoms with Crippen LogP contribution in [0.3, 0.4) is 0 Å². The van der Waals surface area contributed by atoms with Crippen LogP contribution in [0.2, 0.25) is 0 Å². The molecule has 0 amide bonds. The van der Waals surface area contributed by atoms with E-state index in [0.717, 1.165) is 16.9 Å². The van der Waals surface area contributed by atoms with Crippen molar-refractivity contribution in [1.82, 2.24) is 0 Å². The monoisotopic (exact) mass is 286 g/mol. The van der Waals surface area contributed by atoms with E-state index in [1.807, 2.05) is 44.2 Å². The van der Waals surface area contributed by atoms with Crippen LogP contribution in [0.4, 0.5) is 0 Å². The van der Waals surface area contributed by atoms with Crippen LogP contribution in [-0.2, 0) is 13.2 Å². The van der Waals surface area contributed by atoms with E-state index in [9.17, 15) is 5.11 Å². The topological polar surface area (TPSA) is 38.7 Å². The van der Waals surface area contributed by atoms with Crippen molar-refractivity contribution in [2.75, 3.05) is 0 Å². The van der Waals surface area contributed by atoms with Gasteiger partial charge in [0.1, 0.15) is 18.1 Å². The summed E-state index contributed by atoms with van der Waals surface area (Å²) in [6.45, 7) is 6.48. The molecule has 0 saturated carbocycles. The highest BCUT2D eigenvalue weighted by Crippen LogP contribution is 2.25. The third-order valence-electron chi connectivity index (χ3n) is 3.15. The summed E-state index contributed by atoms with van der Waals surface area (Å²) in [5.74, 6) is 1.43. The number of aliphatic hydroxyl groups excluding tert-OH is 1. The number of benzene rings is 2. The Balaban J connectivity index is 2.13. The van der Waals surface area contributed by atoms with Gasteiger partial charge in [0.25, 0.3) is 0 Å². The van der Waals surface area contributed by atoms with Crippen LogP contribution in [0.1, 0.15) is 30.5 Å². The van der Waals surface area contributed by atoms with E-state index in [0.29, 0.717) is 12.4 Å². The Bertz CT molecular complexity index is 591. The Labute approximate surface area is 126 Å². The quantitative estimate of drug-likeness (QED) is 0.876. The Morgan fingerprint density at radius 3 is 2.43 bits per heavy atom. The Hall–Kier alpha value is -2.00. The second kappa shape index (κ2) is 7.14. The molecular weight excluding hydrogens is 264 g/mol. The van der Waals surface area contributed by atoms with Gasteiger partial charge in [0.15, 0.2) is 0 Å². The largest absolute Gasteiger partial charge is 0.491 e. The van der Waals surface area contributed by atoms with Crippen molar-refractivity contribution in [2.24, 2.45) is 0 Å². The molecule has 2 aromatic carbocycles. The van der Waals surface area contributed by atoms with E-state index in [4.69, 9.17) is 9.47 Å². The van der Waals surface area contributed by atoms with Gasteiger partial charge >= 0.3 is 0 Å².